The molecule has 4 atom stereocenters. The molecule has 0 saturated heterocycles. The smallest absolute Gasteiger partial charge is 0.0900 e. The summed E-state index contributed by atoms with van der Waals surface area (Å²) in [5, 5.41) is 43.2. The van der Waals surface area contributed by atoms with Crippen molar-refractivity contribution in [1.29, 1.82) is 0 Å². The first-order valence-corrected chi connectivity index (χ1v) is 18.9. The molecule has 0 fully saturated rings. The highest BCUT2D eigenvalue weighted by atomic mass is 16.5. The first-order valence-electron chi connectivity index (χ1n) is 18.9. The molecule has 0 aliphatic rings. The quantitative estimate of drug-likeness (QED) is 0.0278. The van der Waals surface area contributed by atoms with Gasteiger partial charge in [0, 0.05) is 118 Å². The Balaban J connectivity index is 5.95. The molecule has 52 heavy (non-hydrogen) atoms. The lowest BCUT2D eigenvalue weighted by Crippen LogP contribution is -2.46. The van der Waals surface area contributed by atoms with Crippen LogP contribution in [0.2, 0.25) is 0 Å². The minimum atomic E-state index is -0.947. The molecule has 0 aromatic rings. The Labute approximate surface area is 312 Å². The first kappa shape index (κ1) is 51.2. The third-order valence-electron chi connectivity index (χ3n) is 8.31. The standard InChI is InChI=1S/C33H79N11O8/c1-2-41(10-3-34)17-29(45)21-49-25-33(26-50-22-30(46)18-42(11-4-35)12-5-36,27-51-23-31(47)19-43(13-6-37)14-7-38)28-52-24-32(48)20-44(15-8-39)16-9-40/h29-32,45-48H,2-28,34-40H2,1H3. The number of aliphatic hydroxyl groups is 4. The Hall–Kier alpha value is -0.760. The van der Waals surface area contributed by atoms with Crippen molar-refractivity contribution in [2.75, 3.05) is 177 Å². The van der Waals surface area contributed by atoms with Crippen LogP contribution in [0.15, 0.2) is 0 Å². The molecule has 0 amide bonds. The molecule has 4 unspecified atom stereocenters. The average Bonchev–Trinajstić information content (AvgIpc) is 3.08. The molecule has 0 aromatic heterocycles. The van der Waals surface area contributed by atoms with E-state index >= 15 is 0 Å². The third kappa shape index (κ3) is 26.1. The Morgan fingerprint density at radius 3 is 0.827 bits per heavy atom. The lowest BCUT2D eigenvalue weighted by Gasteiger charge is -2.35. The summed E-state index contributed by atoms with van der Waals surface area (Å²) in [7, 11) is 0. The number of nitrogens with zero attached hydrogens (tertiary/aromatic N) is 4. The second-order valence-corrected chi connectivity index (χ2v) is 13.5. The molecule has 19 heteroatoms. The van der Waals surface area contributed by atoms with E-state index in [-0.39, 0.29) is 52.9 Å². The zero-order valence-corrected chi connectivity index (χ0v) is 32.2. The maximum absolute atomic E-state index is 10.8. The fourth-order valence-electron chi connectivity index (χ4n) is 5.84. The van der Waals surface area contributed by atoms with Crippen LogP contribution < -0.4 is 40.1 Å². The number of ether oxygens (including phenoxy) is 4. The Bertz CT molecular complexity index is 697. The van der Waals surface area contributed by atoms with Gasteiger partial charge in [-0.25, -0.2) is 0 Å². The van der Waals surface area contributed by atoms with Crippen molar-refractivity contribution in [3.63, 3.8) is 0 Å². The summed E-state index contributed by atoms with van der Waals surface area (Å²) in [6.07, 6.45) is -3.24. The van der Waals surface area contributed by atoms with E-state index < -0.39 is 29.8 Å². The van der Waals surface area contributed by atoms with Crippen LogP contribution in [0.4, 0.5) is 0 Å². The summed E-state index contributed by atoms with van der Waals surface area (Å²) in [5.41, 5.74) is 39.2. The van der Waals surface area contributed by atoms with Crippen LogP contribution in [-0.4, -0.2) is 242 Å². The summed E-state index contributed by atoms with van der Waals surface area (Å²) in [6, 6.07) is 0. The zero-order chi connectivity index (χ0) is 39.0. The van der Waals surface area contributed by atoms with Gasteiger partial charge in [-0.05, 0) is 6.54 Å². The van der Waals surface area contributed by atoms with Crippen LogP contribution in [0, 0.1) is 5.41 Å². The fraction of sp³-hybridized carbons (Fsp3) is 1.00. The van der Waals surface area contributed by atoms with E-state index in [4.69, 9.17) is 59.1 Å². The van der Waals surface area contributed by atoms with Crippen LogP contribution in [0.5, 0.6) is 0 Å². The number of aliphatic hydroxyl groups excluding tert-OH is 4. The largest absolute Gasteiger partial charge is 0.389 e. The normalized spacial score (nSPS) is 15.9. The second kappa shape index (κ2) is 33.6. The van der Waals surface area contributed by atoms with Crippen molar-refractivity contribution in [2.24, 2.45) is 45.6 Å². The van der Waals surface area contributed by atoms with Gasteiger partial charge < -0.3 is 79.5 Å². The lowest BCUT2D eigenvalue weighted by atomic mass is 9.92. The van der Waals surface area contributed by atoms with Crippen molar-refractivity contribution < 1.29 is 39.4 Å². The van der Waals surface area contributed by atoms with Crippen LogP contribution in [0.1, 0.15) is 6.92 Å². The van der Waals surface area contributed by atoms with Gasteiger partial charge in [0.05, 0.1) is 82.7 Å². The number of nitrogens with two attached hydrogens (primary N) is 7. The zero-order valence-electron chi connectivity index (χ0n) is 32.2. The molecule has 18 N–H and O–H groups in total. The molecule has 0 aliphatic heterocycles. The van der Waals surface area contributed by atoms with E-state index in [0.29, 0.717) is 118 Å². The molecule has 0 radical (unpaired) electrons. The molecule has 314 valence electrons. The third-order valence-corrected chi connectivity index (χ3v) is 8.31. The molecular weight excluding hydrogens is 678 g/mol. The van der Waals surface area contributed by atoms with Crippen molar-refractivity contribution >= 4 is 0 Å². The number of rotatable bonds is 39. The van der Waals surface area contributed by atoms with Gasteiger partial charge in [0.15, 0.2) is 0 Å². The van der Waals surface area contributed by atoms with Gasteiger partial charge in [0.2, 0.25) is 0 Å². The van der Waals surface area contributed by atoms with Gasteiger partial charge in [-0.3, -0.25) is 19.6 Å². The predicted octanol–water partition coefficient (Wildman–Crippen LogP) is -6.58. The maximum Gasteiger partial charge on any atom is 0.0900 e. The molecule has 0 bridgehead atoms. The summed E-state index contributed by atoms with van der Waals surface area (Å²) in [4.78, 5) is 7.96. The van der Waals surface area contributed by atoms with E-state index in [0.717, 1.165) is 6.54 Å². The molecule has 0 spiro atoms. The number of hydrogen-bond acceptors (Lipinski definition) is 19. The van der Waals surface area contributed by atoms with E-state index in [2.05, 4.69) is 0 Å². The highest BCUT2D eigenvalue weighted by molar-refractivity contribution is 4.81. The minimum Gasteiger partial charge on any atom is -0.389 e. The predicted molar refractivity (Wildman–Crippen MR) is 205 cm³/mol. The fourth-order valence-corrected chi connectivity index (χ4v) is 5.84. The minimum absolute atomic E-state index is 0.00604. The number of hydrogen-bond donors (Lipinski definition) is 11. The van der Waals surface area contributed by atoms with Crippen molar-refractivity contribution in [1.82, 2.24) is 19.6 Å². The Kier molecular flexibility index (Phi) is 33.1. The van der Waals surface area contributed by atoms with E-state index in [1.807, 2.05) is 26.5 Å². The maximum atomic E-state index is 10.8. The number of likely N-dealkylation sites (N-methyl/N-ethyl adjacent to an activating group) is 1. The van der Waals surface area contributed by atoms with Crippen molar-refractivity contribution in [3.05, 3.63) is 0 Å². The van der Waals surface area contributed by atoms with Crippen molar-refractivity contribution in [3.8, 4) is 0 Å². The molecular formula is C33H79N11O8. The van der Waals surface area contributed by atoms with Gasteiger partial charge in [-0.1, -0.05) is 6.92 Å². The van der Waals surface area contributed by atoms with Gasteiger partial charge in [-0.2, -0.15) is 0 Å². The summed E-state index contributed by atoms with van der Waals surface area (Å²) >= 11 is 0. The molecule has 0 aliphatic carbocycles. The Morgan fingerprint density at radius 2 is 0.615 bits per heavy atom. The molecule has 0 saturated carbocycles. The van der Waals surface area contributed by atoms with Crippen LogP contribution >= 0.6 is 0 Å². The van der Waals surface area contributed by atoms with Crippen LogP contribution in [-0.2, 0) is 18.9 Å². The van der Waals surface area contributed by atoms with Gasteiger partial charge in [0.25, 0.3) is 0 Å². The first-order chi connectivity index (χ1) is 25.0. The van der Waals surface area contributed by atoms with E-state index in [1.165, 1.54) is 0 Å². The van der Waals surface area contributed by atoms with Gasteiger partial charge >= 0.3 is 0 Å². The van der Waals surface area contributed by atoms with Gasteiger partial charge in [-0.15, -0.1) is 0 Å². The van der Waals surface area contributed by atoms with E-state index in [1.54, 1.807) is 0 Å². The lowest BCUT2D eigenvalue weighted by molar-refractivity contribution is -0.134. The molecule has 19 nitrogen and oxygen atoms in total. The van der Waals surface area contributed by atoms with Crippen molar-refractivity contribution in [2.45, 2.75) is 31.3 Å². The Morgan fingerprint density at radius 1 is 0.404 bits per heavy atom. The highest BCUT2D eigenvalue weighted by Gasteiger charge is 2.34. The summed E-state index contributed by atoms with van der Waals surface area (Å²) in [5.74, 6) is 0. The topological polar surface area (TPSA) is 313 Å². The van der Waals surface area contributed by atoms with Gasteiger partial charge in [0.1, 0.15) is 0 Å². The summed E-state index contributed by atoms with van der Waals surface area (Å²) in [6.45, 7) is 11.6. The molecule has 0 rings (SSSR count). The molecule has 0 aromatic carbocycles. The SMILES string of the molecule is CCN(CCN)CC(O)COCC(COCC(O)CN(CCN)CCN)(COCC(O)CN(CCN)CCN)COCC(O)CN(CCN)CCN. The van der Waals surface area contributed by atoms with Crippen LogP contribution in [0.25, 0.3) is 0 Å². The van der Waals surface area contributed by atoms with E-state index in [9.17, 15) is 20.4 Å². The summed E-state index contributed by atoms with van der Waals surface area (Å²) < 4.78 is 24.4. The van der Waals surface area contributed by atoms with Crippen LogP contribution in [0.3, 0.4) is 0 Å². The highest BCUT2D eigenvalue weighted by Crippen LogP contribution is 2.22. The average molecular weight is 758 g/mol. The molecule has 0 heterocycles. The second-order valence-electron chi connectivity index (χ2n) is 13.5. The monoisotopic (exact) mass is 758 g/mol.